The largest absolute Gasteiger partial charge is 0.289 e. The number of nitrogens with zero attached hydrogens (tertiary/aromatic N) is 2. The van der Waals surface area contributed by atoms with Crippen molar-refractivity contribution in [1.82, 2.24) is 4.90 Å². The molecule has 2 saturated carbocycles. The molecule has 6 unspecified atom stereocenters. The predicted octanol–water partition coefficient (Wildman–Crippen LogP) is 5.03. The first-order valence-electron chi connectivity index (χ1n) is 12.0. The van der Waals surface area contributed by atoms with Crippen LogP contribution in [0.2, 0.25) is 0 Å². The van der Waals surface area contributed by atoms with Gasteiger partial charge in [0.05, 0.1) is 11.8 Å². The first-order chi connectivity index (χ1) is 16.3. The van der Waals surface area contributed by atoms with Crippen molar-refractivity contribution in [3.63, 3.8) is 0 Å². The van der Waals surface area contributed by atoms with Gasteiger partial charge in [0.1, 0.15) is 6.67 Å². The van der Waals surface area contributed by atoms with Gasteiger partial charge in [0.15, 0.2) is 0 Å². The Morgan fingerprint density at radius 3 is 2.18 bits per heavy atom. The van der Waals surface area contributed by atoms with Crippen molar-refractivity contribution in [2.24, 2.45) is 35.5 Å². The molecule has 6 atom stereocenters. The summed E-state index contributed by atoms with van der Waals surface area (Å²) < 4.78 is 0.957. The molecule has 174 valence electrons. The predicted molar refractivity (Wildman–Crippen MR) is 133 cm³/mol. The number of hydrogen-bond donors (Lipinski definition) is 0. The number of aryl methyl sites for hydroxylation is 1. The van der Waals surface area contributed by atoms with Crippen LogP contribution in [0.5, 0.6) is 0 Å². The van der Waals surface area contributed by atoms with Crippen LogP contribution in [0, 0.1) is 56.3 Å². The molecule has 5 nitrogen and oxygen atoms in total. The minimum Gasteiger partial charge on any atom is -0.289 e. The number of likely N-dealkylation sites (tertiary alicyclic amines) is 1. The molecular weight excluding hydrogens is 492 g/mol. The summed E-state index contributed by atoms with van der Waals surface area (Å²) in [6.45, 7) is 5.81. The van der Waals surface area contributed by atoms with Gasteiger partial charge in [-0.05, 0) is 85.8 Å². The van der Waals surface area contributed by atoms with Crippen molar-refractivity contribution in [2.45, 2.75) is 27.2 Å². The maximum absolute atomic E-state index is 13.9. The van der Waals surface area contributed by atoms with Crippen LogP contribution in [0.1, 0.15) is 33.5 Å². The van der Waals surface area contributed by atoms with Gasteiger partial charge in [0.25, 0.3) is 5.91 Å². The number of rotatable bonds is 4. The number of amides is 3. The monoisotopic (exact) mass is 518 g/mol. The molecular formula is C28H27BrN2O3. The number of hydrogen-bond acceptors (Lipinski definition) is 3. The van der Waals surface area contributed by atoms with Crippen molar-refractivity contribution >= 4 is 39.3 Å². The average molecular weight is 519 g/mol. The van der Waals surface area contributed by atoms with Gasteiger partial charge in [-0.1, -0.05) is 46.3 Å². The Bertz CT molecular complexity index is 1250. The summed E-state index contributed by atoms with van der Waals surface area (Å²) >= 11 is 3.57. The summed E-state index contributed by atoms with van der Waals surface area (Å²) in [4.78, 5) is 44.1. The summed E-state index contributed by atoms with van der Waals surface area (Å²) in [5.41, 5.74) is 4.11. The van der Waals surface area contributed by atoms with Crippen molar-refractivity contribution in [3.05, 3.63) is 75.3 Å². The van der Waals surface area contributed by atoms with Crippen LogP contribution in [0.4, 0.5) is 5.69 Å². The second kappa shape index (κ2) is 7.64. The van der Waals surface area contributed by atoms with Crippen molar-refractivity contribution < 1.29 is 14.4 Å². The zero-order valence-corrected chi connectivity index (χ0v) is 21.1. The number of imide groups is 1. The normalized spacial score (nSPS) is 30.4. The Hall–Kier alpha value is -2.73. The quantitative estimate of drug-likeness (QED) is 0.421. The minimum absolute atomic E-state index is 0.0610. The summed E-state index contributed by atoms with van der Waals surface area (Å²) in [6.07, 6.45) is 5.48. The molecule has 0 aromatic heterocycles. The van der Waals surface area contributed by atoms with Crippen LogP contribution in [-0.2, 0) is 9.59 Å². The minimum atomic E-state index is -0.269. The molecule has 3 amide bonds. The van der Waals surface area contributed by atoms with E-state index in [4.69, 9.17) is 0 Å². The highest BCUT2D eigenvalue weighted by molar-refractivity contribution is 9.10. The third-order valence-electron chi connectivity index (χ3n) is 8.64. The fourth-order valence-corrected chi connectivity index (χ4v) is 7.00. The Balaban J connectivity index is 1.39. The molecule has 1 heterocycles. The molecule has 4 aliphatic carbocycles. The molecule has 34 heavy (non-hydrogen) atoms. The van der Waals surface area contributed by atoms with E-state index >= 15 is 0 Å². The highest BCUT2D eigenvalue weighted by Gasteiger charge is 2.67. The van der Waals surface area contributed by atoms with E-state index in [0.29, 0.717) is 23.1 Å². The van der Waals surface area contributed by atoms with E-state index in [9.17, 15) is 14.4 Å². The lowest BCUT2D eigenvalue weighted by molar-refractivity contribution is -0.140. The second-order valence-electron chi connectivity index (χ2n) is 10.3. The topological polar surface area (TPSA) is 57.7 Å². The number of halogens is 1. The molecule has 0 radical (unpaired) electrons. The van der Waals surface area contributed by atoms with Crippen molar-refractivity contribution in [3.8, 4) is 0 Å². The molecule has 1 saturated heterocycles. The van der Waals surface area contributed by atoms with Gasteiger partial charge in [-0.3, -0.25) is 24.2 Å². The maximum atomic E-state index is 13.9. The fraction of sp³-hybridized carbons (Fsp3) is 0.393. The van der Waals surface area contributed by atoms with Crippen LogP contribution in [0.15, 0.2) is 53.0 Å². The van der Waals surface area contributed by atoms with Gasteiger partial charge in [0.2, 0.25) is 11.8 Å². The molecule has 0 N–H and O–H groups in total. The lowest BCUT2D eigenvalue weighted by Crippen LogP contribution is -2.45. The SMILES string of the molecule is Cc1ccccc1C(=O)N(CN1C(=O)C2C3C=CC(C4CC34)C2C1=O)c1ccc(Br)c(C)c1C. The Kier molecular flexibility index (Phi) is 4.89. The van der Waals surface area contributed by atoms with E-state index in [1.54, 1.807) is 11.0 Å². The molecule has 3 fully saturated rings. The summed E-state index contributed by atoms with van der Waals surface area (Å²) in [6, 6.07) is 11.3. The Morgan fingerprint density at radius 2 is 1.56 bits per heavy atom. The van der Waals surface area contributed by atoms with Gasteiger partial charge >= 0.3 is 0 Å². The van der Waals surface area contributed by atoms with E-state index in [-0.39, 0.29) is 48.1 Å². The fourth-order valence-electron chi connectivity index (χ4n) is 6.57. The number of carbonyl (C=O) groups excluding carboxylic acids is 3. The summed E-state index contributed by atoms with van der Waals surface area (Å²) in [5, 5.41) is 0. The van der Waals surface area contributed by atoms with Gasteiger partial charge < -0.3 is 0 Å². The first-order valence-corrected chi connectivity index (χ1v) is 12.8. The Morgan fingerprint density at radius 1 is 0.941 bits per heavy atom. The first kappa shape index (κ1) is 21.8. The third-order valence-corrected chi connectivity index (χ3v) is 9.50. The zero-order chi connectivity index (χ0) is 23.9. The van der Waals surface area contributed by atoms with E-state index in [0.717, 1.165) is 27.6 Å². The molecule has 6 heteroatoms. The molecule has 5 aliphatic rings. The molecule has 7 rings (SSSR count). The van der Waals surface area contributed by atoms with Crippen molar-refractivity contribution in [2.75, 3.05) is 11.6 Å². The standard InChI is InChI=1S/C28H27BrN2O3/c1-14-6-4-5-7-17(14)26(32)30(23-11-10-22(29)15(2)16(23)3)13-31-27(33)24-18-8-9-19(21-12-20(18)21)25(24)28(31)34/h4-11,18-21,24-25H,12-13H2,1-3H3. The van der Waals surface area contributed by atoms with Gasteiger partial charge in [-0.25, -0.2) is 0 Å². The van der Waals surface area contributed by atoms with Gasteiger partial charge in [-0.15, -0.1) is 0 Å². The van der Waals surface area contributed by atoms with Crippen LogP contribution in [0.25, 0.3) is 0 Å². The lowest BCUT2D eigenvalue weighted by atomic mass is 9.63. The van der Waals surface area contributed by atoms with E-state index < -0.39 is 0 Å². The number of allylic oxidation sites excluding steroid dienone is 2. The summed E-state index contributed by atoms with van der Waals surface area (Å²) in [7, 11) is 0. The van der Waals surface area contributed by atoms with Crippen molar-refractivity contribution in [1.29, 1.82) is 0 Å². The highest BCUT2D eigenvalue weighted by atomic mass is 79.9. The second-order valence-corrected chi connectivity index (χ2v) is 11.1. The smallest absolute Gasteiger partial charge is 0.260 e. The third kappa shape index (κ3) is 3.00. The molecule has 2 aromatic rings. The number of anilines is 1. The number of carbonyl (C=O) groups is 3. The summed E-state index contributed by atoms with van der Waals surface area (Å²) in [5.74, 6) is 0.453. The number of benzene rings is 2. The van der Waals surface area contributed by atoms with Crippen LogP contribution in [0.3, 0.4) is 0 Å². The lowest BCUT2D eigenvalue weighted by Gasteiger charge is -2.37. The van der Waals surface area contributed by atoms with Gasteiger partial charge in [0, 0.05) is 15.7 Å². The zero-order valence-electron chi connectivity index (χ0n) is 19.5. The van der Waals surface area contributed by atoms with Crippen LogP contribution in [-0.4, -0.2) is 29.3 Å². The highest BCUT2D eigenvalue weighted by Crippen LogP contribution is 2.65. The molecule has 0 spiro atoms. The van der Waals surface area contributed by atoms with E-state index in [2.05, 4.69) is 28.1 Å². The average Bonchev–Trinajstić information content (AvgIpc) is 3.61. The Labute approximate surface area is 207 Å². The molecule has 2 bridgehead atoms. The van der Waals surface area contributed by atoms with E-state index in [1.165, 1.54) is 4.90 Å². The van der Waals surface area contributed by atoms with E-state index in [1.807, 2.05) is 51.1 Å². The maximum Gasteiger partial charge on any atom is 0.260 e. The molecule has 2 aromatic carbocycles. The molecule has 1 aliphatic heterocycles. The van der Waals surface area contributed by atoms with Gasteiger partial charge in [-0.2, -0.15) is 0 Å². The van der Waals surface area contributed by atoms with Crippen LogP contribution >= 0.6 is 15.9 Å². The van der Waals surface area contributed by atoms with Crippen LogP contribution < -0.4 is 4.90 Å².